The zero-order valence-corrected chi connectivity index (χ0v) is 16.4. The highest BCUT2D eigenvalue weighted by atomic mass is 32.2. The lowest BCUT2D eigenvalue weighted by Crippen LogP contribution is -2.37. The quantitative estimate of drug-likeness (QED) is 0.604. The molecule has 6 heteroatoms. The Morgan fingerprint density at radius 1 is 1.24 bits per heavy atom. The van der Waals surface area contributed by atoms with E-state index in [2.05, 4.69) is 24.1 Å². The number of carbonyl (C=O) groups excluding carboxylic acids is 1. The summed E-state index contributed by atoms with van der Waals surface area (Å²) in [6, 6.07) is 7.50. The minimum atomic E-state index is -0.0431. The molecule has 1 aromatic carbocycles. The number of fused-ring (bicyclic) bond motifs is 1. The number of benzene rings is 1. The van der Waals surface area contributed by atoms with Crippen molar-refractivity contribution >= 4 is 28.6 Å². The number of nitrogens with one attached hydrogen (secondary N) is 1. The molecule has 0 bridgehead atoms. The van der Waals surface area contributed by atoms with Gasteiger partial charge in [-0.3, -0.25) is 14.2 Å². The lowest BCUT2D eigenvalue weighted by atomic mass is 10.1. The first-order chi connectivity index (χ1) is 11.8. The van der Waals surface area contributed by atoms with E-state index >= 15 is 0 Å². The molecule has 136 valence electrons. The Bertz CT molecular complexity index is 801. The van der Waals surface area contributed by atoms with E-state index in [9.17, 15) is 9.59 Å². The van der Waals surface area contributed by atoms with Gasteiger partial charge in [0.25, 0.3) is 5.56 Å². The number of hydrogen-bond acceptors (Lipinski definition) is 4. The zero-order valence-electron chi connectivity index (χ0n) is 15.6. The minimum absolute atomic E-state index is 0.0322. The van der Waals surface area contributed by atoms with Crippen LogP contribution in [0.1, 0.15) is 47.1 Å². The van der Waals surface area contributed by atoms with Gasteiger partial charge in [-0.15, -0.1) is 0 Å². The molecule has 1 amide bonds. The monoisotopic (exact) mass is 361 g/mol. The van der Waals surface area contributed by atoms with Crippen molar-refractivity contribution in [1.29, 1.82) is 0 Å². The van der Waals surface area contributed by atoms with E-state index in [1.807, 2.05) is 39.0 Å². The fraction of sp³-hybridized carbons (Fsp3) is 0.526. The van der Waals surface area contributed by atoms with Crippen molar-refractivity contribution in [3.8, 4) is 0 Å². The second-order valence-corrected chi connectivity index (χ2v) is 7.68. The lowest BCUT2D eigenvalue weighted by Gasteiger charge is -2.19. The molecule has 1 N–H and O–H groups in total. The van der Waals surface area contributed by atoms with E-state index in [0.29, 0.717) is 22.0 Å². The molecule has 0 saturated heterocycles. The van der Waals surface area contributed by atoms with Crippen LogP contribution in [0.15, 0.2) is 34.2 Å². The summed E-state index contributed by atoms with van der Waals surface area (Å²) in [5.74, 6) is 0.591. The molecule has 2 atom stereocenters. The summed E-state index contributed by atoms with van der Waals surface area (Å²) < 4.78 is 1.71. The van der Waals surface area contributed by atoms with E-state index in [1.54, 1.807) is 10.6 Å². The number of thioether (sulfide) groups is 1. The molecule has 0 aliphatic heterocycles. The number of rotatable bonds is 7. The van der Waals surface area contributed by atoms with Crippen LogP contribution < -0.4 is 10.9 Å². The summed E-state index contributed by atoms with van der Waals surface area (Å²) in [4.78, 5) is 29.7. The van der Waals surface area contributed by atoms with Gasteiger partial charge in [-0.25, -0.2) is 4.98 Å². The van der Waals surface area contributed by atoms with Crippen LogP contribution in [0.5, 0.6) is 0 Å². The smallest absolute Gasteiger partial charge is 0.262 e. The number of hydrogen-bond donors (Lipinski definition) is 1. The molecular formula is C19H27N3O2S. The average molecular weight is 362 g/mol. The summed E-state index contributed by atoms with van der Waals surface area (Å²) in [5.41, 5.74) is 0.629. The van der Waals surface area contributed by atoms with Gasteiger partial charge in [-0.2, -0.15) is 0 Å². The molecular weight excluding hydrogens is 334 g/mol. The summed E-state index contributed by atoms with van der Waals surface area (Å²) in [7, 11) is 0. The molecule has 25 heavy (non-hydrogen) atoms. The first kappa shape index (κ1) is 19.5. The zero-order chi connectivity index (χ0) is 18.6. The van der Waals surface area contributed by atoms with E-state index < -0.39 is 0 Å². The predicted octanol–water partition coefficient (Wildman–Crippen LogP) is 3.62. The first-order valence-corrected chi connectivity index (χ1v) is 9.77. The van der Waals surface area contributed by atoms with Gasteiger partial charge >= 0.3 is 0 Å². The molecule has 0 radical (unpaired) electrons. The molecule has 0 aliphatic rings. The van der Waals surface area contributed by atoms with Crippen LogP contribution >= 0.6 is 11.8 Å². The lowest BCUT2D eigenvalue weighted by molar-refractivity contribution is -0.119. The fourth-order valence-corrected chi connectivity index (χ4v) is 3.30. The van der Waals surface area contributed by atoms with Gasteiger partial charge in [-0.05, 0) is 38.3 Å². The van der Waals surface area contributed by atoms with E-state index in [0.717, 1.165) is 6.42 Å². The Kier molecular flexibility index (Phi) is 6.64. The molecule has 2 aromatic rings. The second-order valence-electron chi connectivity index (χ2n) is 6.73. The molecule has 0 aliphatic carbocycles. The van der Waals surface area contributed by atoms with E-state index in [4.69, 9.17) is 0 Å². The van der Waals surface area contributed by atoms with E-state index in [1.165, 1.54) is 11.8 Å². The number of para-hydroxylation sites is 1. The van der Waals surface area contributed by atoms with Gasteiger partial charge in [0.15, 0.2) is 5.16 Å². The van der Waals surface area contributed by atoms with Gasteiger partial charge in [0.05, 0.1) is 16.7 Å². The summed E-state index contributed by atoms with van der Waals surface area (Å²) in [5, 5.41) is 4.21. The summed E-state index contributed by atoms with van der Waals surface area (Å²) in [6.45, 7) is 10.2. The standard InChI is InChI=1S/C19H27N3O2S/c1-6-13(4)22-18(24)15-9-7-8-10-16(15)21-19(22)25-11-17(23)20-14(5)12(2)3/h7-10,12-14H,6,11H2,1-5H3,(H,20,23)/t13-,14-/m0/s1. The predicted molar refractivity (Wildman–Crippen MR) is 104 cm³/mol. The van der Waals surface area contributed by atoms with E-state index in [-0.39, 0.29) is 29.3 Å². The third-order valence-electron chi connectivity index (χ3n) is 4.53. The maximum absolute atomic E-state index is 12.9. The van der Waals surface area contributed by atoms with Crippen LogP contribution in [0.2, 0.25) is 0 Å². The molecule has 2 rings (SSSR count). The SMILES string of the molecule is CC[C@H](C)n1c(SCC(=O)N[C@@H](C)C(C)C)nc2ccccc2c1=O. The number of aromatic nitrogens is 2. The maximum Gasteiger partial charge on any atom is 0.262 e. The molecule has 0 fully saturated rings. The number of carbonyl (C=O) groups is 1. The third-order valence-corrected chi connectivity index (χ3v) is 5.48. The van der Waals surface area contributed by atoms with Crippen molar-refractivity contribution < 1.29 is 4.79 Å². The summed E-state index contributed by atoms with van der Waals surface area (Å²) in [6.07, 6.45) is 0.823. The molecule has 0 unspecified atom stereocenters. The molecule has 1 aromatic heterocycles. The van der Waals surface area contributed by atoms with Crippen LogP contribution in [-0.2, 0) is 4.79 Å². The molecule has 5 nitrogen and oxygen atoms in total. The van der Waals surface area contributed by atoms with Gasteiger partial charge in [-0.1, -0.05) is 44.7 Å². The number of nitrogens with zero attached hydrogens (tertiary/aromatic N) is 2. The molecule has 0 spiro atoms. The number of amides is 1. The molecule has 1 heterocycles. The van der Waals surface area contributed by atoms with Crippen molar-refractivity contribution in [3.63, 3.8) is 0 Å². The topological polar surface area (TPSA) is 64.0 Å². The maximum atomic E-state index is 12.9. The van der Waals surface area contributed by atoms with Crippen molar-refractivity contribution in [1.82, 2.24) is 14.9 Å². The highest BCUT2D eigenvalue weighted by molar-refractivity contribution is 7.99. The van der Waals surface area contributed by atoms with Gasteiger partial charge in [0, 0.05) is 12.1 Å². The summed E-state index contributed by atoms with van der Waals surface area (Å²) >= 11 is 1.32. The fourth-order valence-electron chi connectivity index (χ4n) is 2.39. The van der Waals surface area contributed by atoms with Crippen LogP contribution in [-0.4, -0.2) is 27.3 Å². The van der Waals surface area contributed by atoms with Crippen molar-refractivity contribution in [2.75, 3.05) is 5.75 Å². The Hall–Kier alpha value is -1.82. The van der Waals surface area contributed by atoms with Crippen LogP contribution in [0, 0.1) is 5.92 Å². The normalized spacial score (nSPS) is 13.8. The highest BCUT2D eigenvalue weighted by Gasteiger charge is 2.17. The second kappa shape index (κ2) is 8.52. The van der Waals surface area contributed by atoms with Crippen molar-refractivity contribution in [3.05, 3.63) is 34.6 Å². The van der Waals surface area contributed by atoms with Crippen molar-refractivity contribution in [2.45, 2.75) is 58.3 Å². The van der Waals surface area contributed by atoms with Gasteiger partial charge < -0.3 is 5.32 Å². The minimum Gasteiger partial charge on any atom is -0.353 e. The average Bonchev–Trinajstić information content (AvgIpc) is 2.59. The third kappa shape index (κ3) is 4.63. The van der Waals surface area contributed by atoms with Crippen LogP contribution in [0.4, 0.5) is 0 Å². The first-order valence-electron chi connectivity index (χ1n) is 8.78. The Balaban J connectivity index is 2.30. The van der Waals surface area contributed by atoms with Crippen LogP contribution in [0.3, 0.4) is 0 Å². The van der Waals surface area contributed by atoms with Crippen molar-refractivity contribution in [2.24, 2.45) is 5.92 Å². The Morgan fingerprint density at radius 2 is 1.92 bits per heavy atom. The highest BCUT2D eigenvalue weighted by Crippen LogP contribution is 2.22. The Morgan fingerprint density at radius 3 is 2.56 bits per heavy atom. The van der Waals surface area contributed by atoms with Crippen LogP contribution in [0.25, 0.3) is 10.9 Å². The van der Waals surface area contributed by atoms with Gasteiger partial charge in [0.1, 0.15) is 0 Å². The van der Waals surface area contributed by atoms with Gasteiger partial charge in [0.2, 0.25) is 5.91 Å². The Labute approximate surface area is 153 Å². The largest absolute Gasteiger partial charge is 0.353 e. The molecule has 0 saturated carbocycles.